The summed E-state index contributed by atoms with van der Waals surface area (Å²) in [5.41, 5.74) is 5.16. The fourth-order valence-corrected chi connectivity index (χ4v) is 4.07. The van der Waals surface area contributed by atoms with Crippen molar-refractivity contribution in [1.29, 1.82) is 0 Å². The number of hydrogen-bond donors (Lipinski definition) is 2. The van der Waals surface area contributed by atoms with Crippen LogP contribution < -0.4 is 10.6 Å². The van der Waals surface area contributed by atoms with Crippen molar-refractivity contribution in [2.24, 2.45) is 10.9 Å². The molecule has 3 rings (SSSR count). The van der Waals surface area contributed by atoms with E-state index in [1.54, 1.807) is 0 Å². The lowest BCUT2D eigenvalue weighted by Gasteiger charge is -2.32. The summed E-state index contributed by atoms with van der Waals surface area (Å²) in [7, 11) is 3.98. The molecule has 1 fully saturated rings. The van der Waals surface area contributed by atoms with Crippen LogP contribution in [0.5, 0.6) is 0 Å². The number of aryl methyl sites for hydroxylation is 1. The molecule has 1 aliphatic heterocycles. The Morgan fingerprint density at radius 3 is 2.65 bits per heavy atom. The van der Waals surface area contributed by atoms with Gasteiger partial charge in [-0.2, -0.15) is 0 Å². The average molecular weight is 423 g/mol. The maximum atomic E-state index is 6.16. The minimum absolute atomic E-state index is 0.146. The first-order chi connectivity index (χ1) is 15.1. The van der Waals surface area contributed by atoms with Crippen LogP contribution in [0.15, 0.2) is 53.5 Å². The maximum absolute atomic E-state index is 6.16. The lowest BCUT2D eigenvalue weighted by Crippen LogP contribution is -2.41. The third-order valence-electron chi connectivity index (χ3n) is 6.05. The first-order valence-corrected chi connectivity index (χ1v) is 11.5. The molecule has 2 atom stereocenters. The Morgan fingerprint density at radius 2 is 1.90 bits per heavy atom. The molecule has 0 aliphatic carbocycles. The molecule has 1 heterocycles. The van der Waals surface area contributed by atoms with Crippen LogP contribution in [0.2, 0.25) is 0 Å². The fourth-order valence-electron chi connectivity index (χ4n) is 4.07. The van der Waals surface area contributed by atoms with E-state index in [0.29, 0.717) is 5.92 Å². The average Bonchev–Trinajstić information content (AvgIpc) is 2.80. The van der Waals surface area contributed by atoms with Gasteiger partial charge in [-0.05, 0) is 50.0 Å². The van der Waals surface area contributed by atoms with Crippen LogP contribution in [0.1, 0.15) is 48.1 Å². The summed E-state index contributed by atoms with van der Waals surface area (Å²) in [6.45, 7) is 8.77. The topological polar surface area (TPSA) is 48.9 Å². The molecule has 0 spiro atoms. The van der Waals surface area contributed by atoms with Crippen molar-refractivity contribution < 1.29 is 4.74 Å². The van der Waals surface area contributed by atoms with Crippen molar-refractivity contribution in [3.8, 4) is 0 Å². The van der Waals surface area contributed by atoms with Crippen LogP contribution in [-0.4, -0.2) is 44.7 Å². The zero-order chi connectivity index (χ0) is 22.1. The smallest absolute Gasteiger partial charge is 0.191 e. The van der Waals surface area contributed by atoms with Gasteiger partial charge < -0.3 is 20.3 Å². The van der Waals surface area contributed by atoms with Crippen molar-refractivity contribution in [2.45, 2.75) is 45.9 Å². The number of guanidine groups is 1. The lowest BCUT2D eigenvalue weighted by molar-refractivity contribution is -0.0265. The largest absolute Gasteiger partial charge is 0.373 e. The summed E-state index contributed by atoms with van der Waals surface area (Å²) in [5, 5.41) is 6.99. The Balaban J connectivity index is 1.54. The van der Waals surface area contributed by atoms with E-state index >= 15 is 0 Å². The van der Waals surface area contributed by atoms with Crippen LogP contribution in [0.4, 0.5) is 0 Å². The number of hydrogen-bond acceptors (Lipinski definition) is 3. The normalized spacial score (nSPS) is 19.5. The van der Waals surface area contributed by atoms with Gasteiger partial charge in [-0.15, -0.1) is 0 Å². The van der Waals surface area contributed by atoms with Gasteiger partial charge in [-0.25, -0.2) is 0 Å². The predicted molar refractivity (Wildman–Crippen MR) is 129 cm³/mol. The zero-order valence-electron chi connectivity index (χ0n) is 19.5. The van der Waals surface area contributed by atoms with Gasteiger partial charge in [-0.3, -0.25) is 4.99 Å². The number of rotatable bonds is 8. The molecule has 0 radical (unpaired) electrons. The molecule has 2 aromatic carbocycles. The fraction of sp³-hybridized carbons (Fsp3) is 0.500. The molecule has 0 aromatic heterocycles. The molecule has 168 valence electrons. The van der Waals surface area contributed by atoms with Crippen molar-refractivity contribution in [1.82, 2.24) is 15.5 Å². The highest BCUT2D eigenvalue weighted by atomic mass is 16.5. The second kappa shape index (κ2) is 11.9. The van der Waals surface area contributed by atoms with Gasteiger partial charge in [0.1, 0.15) is 0 Å². The van der Waals surface area contributed by atoms with Crippen molar-refractivity contribution in [3.05, 3.63) is 70.8 Å². The highest BCUT2D eigenvalue weighted by Gasteiger charge is 2.27. The van der Waals surface area contributed by atoms with Gasteiger partial charge in [0.25, 0.3) is 0 Å². The Hall–Kier alpha value is -2.37. The van der Waals surface area contributed by atoms with Gasteiger partial charge in [0.05, 0.1) is 6.10 Å². The summed E-state index contributed by atoms with van der Waals surface area (Å²) in [4.78, 5) is 6.74. The zero-order valence-corrected chi connectivity index (χ0v) is 19.5. The van der Waals surface area contributed by atoms with Crippen molar-refractivity contribution in [3.63, 3.8) is 0 Å². The van der Waals surface area contributed by atoms with E-state index in [9.17, 15) is 0 Å². The second-order valence-electron chi connectivity index (χ2n) is 8.56. The minimum Gasteiger partial charge on any atom is -0.373 e. The number of ether oxygens (including phenoxy) is 1. The number of nitrogens with one attached hydrogen (secondary N) is 2. The third-order valence-corrected chi connectivity index (χ3v) is 6.05. The summed E-state index contributed by atoms with van der Waals surface area (Å²) >= 11 is 0. The van der Waals surface area contributed by atoms with Crippen LogP contribution in [-0.2, 0) is 17.8 Å². The highest BCUT2D eigenvalue weighted by Crippen LogP contribution is 2.33. The molecule has 2 aromatic rings. The first kappa shape index (κ1) is 23.3. The minimum atomic E-state index is 0.146. The van der Waals surface area contributed by atoms with E-state index in [0.717, 1.165) is 51.6 Å². The van der Waals surface area contributed by atoms with Crippen LogP contribution in [0, 0.1) is 12.8 Å². The van der Waals surface area contributed by atoms with E-state index < -0.39 is 0 Å². The molecule has 0 bridgehead atoms. The van der Waals surface area contributed by atoms with E-state index in [4.69, 9.17) is 4.74 Å². The molecule has 2 N–H and O–H groups in total. The van der Waals surface area contributed by atoms with E-state index in [-0.39, 0.29) is 6.10 Å². The number of benzene rings is 2. The summed E-state index contributed by atoms with van der Waals surface area (Å²) in [5.74, 6) is 1.27. The molecule has 31 heavy (non-hydrogen) atoms. The Morgan fingerprint density at radius 1 is 1.13 bits per heavy atom. The van der Waals surface area contributed by atoms with E-state index in [1.807, 2.05) is 7.05 Å². The van der Waals surface area contributed by atoms with Crippen LogP contribution in [0.3, 0.4) is 0 Å². The lowest BCUT2D eigenvalue weighted by atomic mass is 9.89. The number of nitrogens with zero attached hydrogens (tertiary/aromatic N) is 2. The van der Waals surface area contributed by atoms with E-state index in [1.165, 1.54) is 22.3 Å². The Kier molecular flexibility index (Phi) is 8.92. The highest BCUT2D eigenvalue weighted by molar-refractivity contribution is 5.79. The molecule has 2 unspecified atom stereocenters. The Bertz CT molecular complexity index is 834. The number of aliphatic imine (C=N–C) groups is 1. The van der Waals surface area contributed by atoms with E-state index in [2.05, 4.69) is 90.0 Å². The molecule has 5 heteroatoms. The second-order valence-corrected chi connectivity index (χ2v) is 8.56. The maximum Gasteiger partial charge on any atom is 0.191 e. The SMILES string of the molecule is CCN(C)Cc1cccc(CNC(=NC)NCC2CCCOC2c2ccc(C)cc2)c1. The molecule has 1 aliphatic rings. The van der Waals surface area contributed by atoms with Crippen molar-refractivity contribution >= 4 is 5.96 Å². The molecular weight excluding hydrogens is 384 g/mol. The van der Waals surface area contributed by atoms with Gasteiger partial charge in [-0.1, -0.05) is 61.0 Å². The molecule has 0 amide bonds. The van der Waals surface area contributed by atoms with Gasteiger partial charge in [0.15, 0.2) is 5.96 Å². The molecular formula is C26H38N4O. The van der Waals surface area contributed by atoms with Gasteiger partial charge >= 0.3 is 0 Å². The molecule has 5 nitrogen and oxygen atoms in total. The first-order valence-electron chi connectivity index (χ1n) is 11.5. The van der Waals surface area contributed by atoms with Crippen LogP contribution in [0.25, 0.3) is 0 Å². The molecule has 0 saturated carbocycles. The van der Waals surface area contributed by atoms with Crippen molar-refractivity contribution in [2.75, 3.05) is 33.8 Å². The van der Waals surface area contributed by atoms with Gasteiger partial charge in [0.2, 0.25) is 0 Å². The Labute approximate surface area is 187 Å². The summed E-state index contributed by atoms with van der Waals surface area (Å²) in [6, 6.07) is 17.5. The predicted octanol–water partition coefficient (Wildman–Crippen LogP) is 4.28. The summed E-state index contributed by atoms with van der Waals surface area (Å²) < 4.78 is 6.16. The van der Waals surface area contributed by atoms with Gasteiger partial charge in [0, 0.05) is 39.2 Å². The summed E-state index contributed by atoms with van der Waals surface area (Å²) in [6.07, 6.45) is 2.42. The van der Waals surface area contributed by atoms with Crippen LogP contribution >= 0.6 is 0 Å². The molecule has 1 saturated heterocycles. The standard InChI is InChI=1S/C26H38N4O/c1-5-30(4)19-22-9-6-8-21(16-22)17-28-26(27-3)29-18-24-10-7-15-31-25(24)23-13-11-20(2)12-14-23/h6,8-9,11-14,16,24-25H,5,7,10,15,17-19H2,1-4H3,(H2,27,28,29). The third kappa shape index (κ3) is 7.08. The monoisotopic (exact) mass is 422 g/mol. The quantitative estimate of drug-likeness (QED) is 0.492.